The largest absolute Gasteiger partial charge is 1.00 e. The Morgan fingerprint density at radius 1 is 1.60 bits per heavy atom. The van der Waals surface area contributed by atoms with Gasteiger partial charge in [0.15, 0.2) is 0 Å². The zero-order valence-corrected chi connectivity index (χ0v) is 9.54. The van der Waals surface area contributed by atoms with Crippen LogP contribution < -0.4 is 56.5 Å². The van der Waals surface area contributed by atoms with Crippen LogP contribution in [0.4, 0.5) is 0 Å². The molecule has 0 aromatic carbocycles. The van der Waals surface area contributed by atoms with Crippen molar-refractivity contribution in [2.45, 2.75) is 6.92 Å². The topological polar surface area (TPSA) is 118 Å². The summed E-state index contributed by atoms with van der Waals surface area (Å²) >= 11 is 0. The van der Waals surface area contributed by atoms with E-state index in [4.69, 9.17) is 22.9 Å². The number of carboxylic acids is 1. The summed E-state index contributed by atoms with van der Waals surface area (Å²) in [7, 11) is -4.17. The molecule has 0 saturated heterocycles. The average molecular weight is 197 g/mol. The minimum absolute atomic E-state index is 0. The van der Waals surface area contributed by atoms with Crippen LogP contribution in [0.15, 0.2) is 0 Å². The molecule has 0 bridgehead atoms. The number of carboxylic acid groups (broad SMARTS) is 1. The fraction of sp³-hybridized carbons (Fsp3) is 0.500. The molecule has 0 amide bonds. The fourth-order valence-corrected chi connectivity index (χ4v) is 0. The molecule has 0 unspecified atom stereocenters. The van der Waals surface area contributed by atoms with Gasteiger partial charge in [-0.3, -0.25) is 9.35 Å². The number of carbonyl (C=O) groups is 1. The molecule has 4 N–H and O–H groups in total. The Morgan fingerprint density at radius 2 is 1.60 bits per heavy atom. The van der Waals surface area contributed by atoms with Crippen LogP contribution in [0.1, 0.15) is 8.35 Å². The maximum atomic E-state index is 9.00. The molecule has 0 radical (unpaired) electrons. The van der Waals surface area contributed by atoms with E-state index in [0.717, 1.165) is 6.92 Å². The van der Waals surface area contributed by atoms with Gasteiger partial charge in [-0.15, -0.1) is 0 Å². The van der Waals surface area contributed by atoms with Crippen molar-refractivity contribution in [3.63, 3.8) is 0 Å². The van der Waals surface area contributed by atoms with E-state index in [2.05, 4.69) is 5.14 Å². The Hall–Kier alpha value is 0.976. The summed E-state index contributed by atoms with van der Waals surface area (Å²) in [4.78, 5) is 9.00. The first kappa shape index (κ1) is 17.2. The van der Waals surface area contributed by atoms with Crippen LogP contribution in [0.3, 0.4) is 0 Å². The van der Waals surface area contributed by atoms with Crippen molar-refractivity contribution in [1.82, 2.24) is 0 Å². The summed E-state index contributed by atoms with van der Waals surface area (Å²) in [6.45, 7) is 1.08. The number of hydrogen-bond donors (Lipinski definition) is 3. The van der Waals surface area contributed by atoms with E-state index in [1.165, 1.54) is 0 Å². The maximum Gasteiger partial charge on any atom is 1.00 e. The molecule has 0 saturated carbocycles. The number of hydrogen-bond acceptors (Lipinski definition) is 3. The first-order chi connectivity index (χ1) is 3.73. The third-order valence-corrected chi connectivity index (χ3v) is 0. The van der Waals surface area contributed by atoms with Gasteiger partial charge in [-0.2, -0.15) is 8.42 Å². The zero-order chi connectivity index (χ0) is 8.08. The molecule has 6 nitrogen and oxygen atoms in total. The zero-order valence-electron chi connectivity index (χ0n) is 6.60. The van der Waals surface area contributed by atoms with Crippen LogP contribution in [0.5, 0.6) is 0 Å². The third-order valence-electron chi connectivity index (χ3n) is 0. The third kappa shape index (κ3) is 599. The first-order valence-corrected chi connectivity index (χ1v) is 3.18. The van der Waals surface area contributed by atoms with Crippen LogP contribution in [0.25, 0.3) is 0 Å². The van der Waals surface area contributed by atoms with Crippen LogP contribution in [-0.2, 0) is 15.1 Å². The standard InChI is InChI=1S/C2H4O2.K.H3NO3S.H/c1-2(3)4;;1-5(2,3)4;/h1H3,(H,3,4);;(H3,1,2,3,4);/q;+1;;-1. The van der Waals surface area contributed by atoms with Crippen LogP contribution in [0, 0.1) is 0 Å². The van der Waals surface area contributed by atoms with Crippen molar-refractivity contribution < 1.29 is 75.7 Å². The van der Waals surface area contributed by atoms with Crippen molar-refractivity contribution in [3.05, 3.63) is 0 Å². The van der Waals surface area contributed by atoms with Crippen LogP contribution in [-0.4, -0.2) is 24.0 Å². The number of rotatable bonds is 0. The van der Waals surface area contributed by atoms with Gasteiger partial charge < -0.3 is 6.53 Å². The van der Waals surface area contributed by atoms with E-state index in [-0.39, 0.29) is 52.8 Å². The monoisotopic (exact) mass is 197 g/mol. The summed E-state index contributed by atoms with van der Waals surface area (Å²) in [5, 5.41) is 11.3. The van der Waals surface area contributed by atoms with Crippen molar-refractivity contribution in [2.24, 2.45) is 5.14 Å². The van der Waals surface area contributed by atoms with E-state index in [1.807, 2.05) is 0 Å². The van der Waals surface area contributed by atoms with Gasteiger partial charge in [-0.25, -0.2) is 5.14 Å². The SMILES string of the molecule is CC(=O)O.NS(=O)(=O)O.[H-].[K+]. The smallest absolute Gasteiger partial charge is 1.00 e. The van der Waals surface area contributed by atoms with E-state index in [9.17, 15) is 0 Å². The quantitative estimate of drug-likeness (QED) is 0.270. The second-order valence-corrected chi connectivity index (χ2v) is 2.06. The fourth-order valence-electron chi connectivity index (χ4n) is 0. The summed E-state index contributed by atoms with van der Waals surface area (Å²) in [5.41, 5.74) is 0. The summed E-state index contributed by atoms with van der Waals surface area (Å²) < 4.78 is 25.2. The van der Waals surface area contributed by atoms with Crippen molar-refractivity contribution >= 4 is 16.3 Å². The summed E-state index contributed by atoms with van der Waals surface area (Å²) in [6.07, 6.45) is 0. The van der Waals surface area contributed by atoms with E-state index < -0.39 is 16.3 Å². The van der Waals surface area contributed by atoms with Gasteiger partial charge in [0.2, 0.25) is 0 Å². The Morgan fingerprint density at radius 3 is 1.60 bits per heavy atom. The van der Waals surface area contributed by atoms with E-state index in [1.54, 1.807) is 0 Å². The van der Waals surface area contributed by atoms with Crippen molar-refractivity contribution in [2.75, 3.05) is 0 Å². The molecular weight excluding hydrogens is 189 g/mol. The van der Waals surface area contributed by atoms with E-state index in [0.29, 0.717) is 0 Å². The molecule has 0 fully saturated rings. The minimum Gasteiger partial charge on any atom is -1.00 e. The Balaban J connectivity index is -0.0000000383. The van der Waals surface area contributed by atoms with Gasteiger partial charge in [-0.05, 0) is 0 Å². The first-order valence-electron chi connectivity index (χ1n) is 1.68. The van der Waals surface area contributed by atoms with Gasteiger partial charge in [-0.1, -0.05) is 0 Å². The molecule has 58 valence electrons. The molecule has 10 heavy (non-hydrogen) atoms. The second-order valence-electron chi connectivity index (χ2n) is 1.03. The molecule has 8 heteroatoms. The van der Waals surface area contributed by atoms with Crippen LogP contribution in [0.2, 0.25) is 0 Å². The summed E-state index contributed by atoms with van der Waals surface area (Å²) in [6, 6.07) is 0. The van der Waals surface area contributed by atoms with Crippen molar-refractivity contribution in [3.8, 4) is 0 Å². The molecule has 0 aliphatic rings. The molecule has 0 rings (SSSR count). The van der Waals surface area contributed by atoms with Gasteiger partial charge >= 0.3 is 61.7 Å². The molecule has 0 atom stereocenters. The molecule has 0 heterocycles. The maximum absolute atomic E-state index is 9.00. The van der Waals surface area contributed by atoms with Crippen molar-refractivity contribution in [1.29, 1.82) is 0 Å². The second kappa shape index (κ2) is 8.08. The molecule has 0 aliphatic heterocycles. The van der Waals surface area contributed by atoms with Gasteiger partial charge in [0.05, 0.1) is 0 Å². The molecule has 0 aromatic heterocycles. The molecule has 0 aliphatic carbocycles. The van der Waals surface area contributed by atoms with Gasteiger partial charge in [0, 0.05) is 6.92 Å². The number of aliphatic carboxylic acids is 1. The molecular formula is C2H8KNO5S. The Kier molecular flexibility index (Phi) is 13.9. The number of nitrogens with two attached hydrogens (primary N) is 1. The van der Waals surface area contributed by atoms with Crippen LogP contribution >= 0.6 is 0 Å². The molecule has 0 spiro atoms. The minimum atomic E-state index is -4.17. The average Bonchev–Trinajstić information content (AvgIpc) is 1.19. The Bertz CT molecular complexity index is 167. The molecule has 0 aromatic rings. The summed E-state index contributed by atoms with van der Waals surface area (Å²) in [5.74, 6) is -0.833. The normalized spacial score (nSPS) is 8.30. The van der Waals surface area contributed by atoms with E-state index >= 15 is 0 Å². The predicted octanol–water partition coefficient (Wildman–Crippen LogP) is -4.04. The van der Waals surface area contributed by atoms with Gasteiger partial charge in [0.25, 0.3) is 5.97 Å². The van der Waals surface area contributed by atoms with Gasteiger partial charge in [0.1, 0.15) is 0 Å². The Labute approximate surface area is 103 Å². The predicted molar refractivity (Wildman–Crippen MR) is 30.2 cm³/mol.